The predicted octanol–water partition coefficient (Wildman–Crippen LogP) is 2.08. The van der Waals surface area contributed by atoms with Crippen molar-refractivity contribution in [2.45, 2.75) is 57.5 Å². The fourth-order valence-corrected chi connectivity index (χ4v) is 3.92. The molecule has 8 heteroatoms. The van der Waals surface area contributed by atoms with Crippen molar-refractivity contribution in [3.05, 3.63) is 29.8 Å². The Labute approximate surface area is 164 Å². The Bertz CT molecular complexity index is 801. The summed E-state index contributed by atoms with van der Waals surface area (Å²) < 4.78 is 0. The highest BCUT2D eigenvalue weighted by molar-refractivity contribution is 6.09. The van der Waals surface area contributed by atoms with E-state index in [4.69, 9.17) is 0 Å². The summed E-state index contributed by atoms with van der Waals surface area (Å²) >= 11 is 0. The van der Waals surface area contributed by atoms with Crippen molar-refractivity contribution >= 4 is 29.4 Å². The van der Waals surface area contributed by atoms with Crippen molar-refractivity contribution in [1.29, 1.82) is 0 Å². The number of amides is 5. The Morgan fingerprint density at radius 2 is 1.93 bits per heavy atom. The molecule has 0 aromatic heterocycles. The van der Waals surface area contributed by atoms with Crippen LogP contribution in [0, 0.1) is 0 Å². The second-order valence-corrected chi connectivity index (χ2v) is 7.56. The fourth-order valence-electron chi connectivity index (χ4n) is 3.92. The summed E-state index contributed by atoms with van der Waals surface area (Å²) in [6, 6.07) is 6.31. The van der Waals surface area contributed by atoms with Gasteiger partial charge < -0.3 is 16.0 Å². The zero-order chi connectivity index (χ0) is 20.3. The Morgan fingerprint density at radius 1 is 1.21 bits per heavy atom. The molecule has 1 saturated heterocycles. The smallest absolute Gasteiger partial charge is 0.325 e. The van der Waals surface area contributed by atoms with Crippen molar-refractivity contribution in [3.63, 3.8) is 0 Å². The second-order valence-electron chi connectivity index (χ2n) is 7.56. The van der Waals surface area contributed by atoms with Crippen LogP contribution in [0.1, 0.15) is 57.6 Å². The first kappa shape index (κ1) is 19.9. The molecule has 1 aliphatic carbocycles. The molecule has 2 fully saturated rings. The van der Waals surface area contributed by atoms with E-state index in [2.05, 4.69) is 16.0 Å². The summed E-state index contributed by atoms with van der Waals surface area (Å²) in [6.07, 6.45) is 4.10. The number of hydrogen-bond acceptors (Lipinski definition) is 4. The molecule has 1 aromatic carbocycles. The largest absolute Gasteiger partial charge is 0.348 e. The van der Waals surface area contributed by atoms with Crippen LogP contribution in [-0.2, 0) is 14.4 Å². The zero-order valence-electron chi connectivity index (χ0n) is 16.2. The zero-order valence-corrected chi connectivity index (χ0v) is 16.2. The third-order valence-electron chi connectivity index (χ3n) is 5.34. The third kappa shape index (κ3) is 4.16. The molecule has 2 aliphatic rings. The van der Waals surface area contributed by atoms with E-state index in [1.54, 1.807) is 25.1 Å². The van der Waals surface area contributed by atoms with Gasteiger partial charge in [-0.05, 0) is 37.5 Å². The van der Waals surface area contributed by atoms with Crippen LogP contribution in [0.5, 0.6) is 0 Å². The molecule has 1 heterocycles. The topological polar surface area (TPSA) is 108 Å². The summed E-state index contributed by atoms with van der Waals surface area (Å²) in [7, 11) is 0. The van der Waals surface area contributed by atoms with E-state index in [1.807, 2.05) is 6.07 Å². The average molecular weight is 386 g/mol. The van der Waals surface area contributed by atoms with E-state index >= 15 is 0 Å². The van der Waals surface area contributed by atoms with Gasteiger partial charge >= 0.3 is 6.03 Å². The van der Waals surface area contributed by atoms with Crippen LogP contribution < -0.4 is 16.0 Å². The van der Waals surface area contributed by atoms with Gasteiger partial charge in [0.15, 0.2) is 0 Å². The average Bonchev–Trinajstić information content (AvgIpc) is 2.86. The fraction of sp³-hybridized carbons (Fsp3) is 0.500. The molecule has 5 amide bonds. The molecular formula is C20H26N4O4. The van der Waals surface area contributed by atoms with Gasteiger partial charge in [0.05, 0.1) is 6.04 Å². The van der Waals surface area contributed by atoms with E-state index in [9.17, 15) is 19.2 Å². The van der Waals surface area contributed by atoms with Gasteiger partial charge in [-0.15, -0.1) is 0 Å². The van der Waals surface area contributed by atoms with Gasteiger partial charge in [0, 0.05) is 12.6 Å². The minimum absolute atomic E-state index is 0.177. The predicted molar refractivity (Wildman–Crippen MR) is 103 cm³/mol. The number of anilines is 1. The lowest BCUT2D eigenvalue weighted by Gasteiger charge is -2.30. The van der Waals surface area contributed by atoms with Crippen LogP contribution >= 0.6 is 0 Å². The van der Waals surface area contributed by atoms with Crippen molar-refractivity contribution in [2.75, 3.05) is 11.9 Å². The molecule has 28 heavy (non-hydrogen) atoms. The van der Waals surface area contributed by atoms with E-state index < -0.39 is 17.5 Å². The number of carbonyl (C=O) groups excluding carboxylic acids is 4. The van der Waals surface area contributed by atoms with Crippen molar-refractivity contribution in [3.8, 4) is 0 Å². The van der Waals surface area contributed by atoms with Crippen LogP contribution in [-0.4, -0.2) is 40.7 Å². The number of urea groups is 1. The molecule has 0 radical (unpaired) electrons. The van der Waals surface area contributed by atoms with Gasteiger partial charge in [0.25, 0.3) is 5.91 Å². The molecule has 8 nitrogen and oxygen atoms in total. The van der Waals surface area contributed by atoms with Gasteiger partial charge in [0.1, 0.15) is 12.1 Å². The molecule has 1 aromatic rings. The van der Waals surface area contributed by atoms with Gasteiger partial charge in [-0.2, -0.15) is 0 Å². The molecule has 1 unspecified atom stereocenters. The van der Waals surface area contributed by atoms with E-state index in [1.165, 1.54) is 6.92 Å². The number of nitrogens with one attached hydrogen (secondary N) is 3. The molecular weight excluding hydrogens is 360 g/mol. The van der Waals surface area contributed by atoms with E-state index in [0.29, 0.717) is 18.5 Å². The van der Waals surface area contributed by atoms with Crippen LogP contribution in [0.4, 0.5) is 10.5 Å². The summed E-state index contributed by atoms with van der Waals surface area (Å²) in [5.41, 5.74) is 0.619. The highest BCUT2D eigenvalue weighted by Gasteiger charge is 2.51. The molecule has 3 N–H and O–H groups in total. The summed E-state index contributed by atoms with van der Waals surface area (Å²) in [5, 5.41) is 8.31. The lowest BCUT2D eigenvalue weighted by Crippen LogP contribution is -2.49. The molecule has 1 atom stereocenters. The maximum atomic E-state index is 12.8. The maximum absolute atomic E-state index is 12.8. The first-order valence-corrected chi connectivity index (χ1v) is 9.62. The highest BCUT2D eigenvalue weighted by atomic mass is 16.2. The first-order chi connectivity index (χ1) is 13.3. The number of nitrogens with zero attached hydrogens (tertiary/aromatic N) is 1. The number of benzene rings is 1. The molecule has 150 valence electrons. The molecule has 1 spiro atoms. The normalized spacial score (nSPS) is 19.3. The summed E-state index contributed by atoms with van der Waals surface area (Å²) in [6.45, 7) is 2.93. The molecule has 0 bridgehead atoms. The third-order valence-corrected chi connectivity index (χ3v) is 5.34. The molecule has 1 aliphatic heterocycles. The lowest BCUT2D eigenvalue weighted by molar-refractivity contribution is -0.136. The SMILES string of the molecule is CC(=O)Nc1cccc(C(C)NC(=O)CN2C(=O)NC3(CCCCC3)C2=O)c1. The Hall–Kier alpha value is -2.90. The number of rotatable bonds is 5. The van der Waals surface area contributed by atoms with Gasteiger partial charge in [-0.1, -0.05) is 31.4 Å². The first-order valence-electron chi connectivity index (χ1n) is 9.62. The van der Waals surface area contributed by atoms with Gasteiger partial charge in [-0.25, -0.2) is 4.79 Å². The van der Waals surface area contributed by atoms with Crippen LogP contribution in [0.15, 0.2) is 24.3 Å². The minimum Gasteiger partial charge on any atom is -0.348 e. The summed E-state index contributed by atoms with van der Waals surface area (Å²) in [5.74, 6) is -0.884. The molecule has 3 rings (SSSR count). The second kappa shape index (κ2) is 8.00. The van der Waals surface area contributed by atoms with Crippen molar-refractivity contribution < 1.29 is 19.2 Å². The van der Waals surface area contributed by atoms with Crippen molar-refractivity contribution in [2.24, 2.45) is 0 Å². The maximum Gasteiger partial charge on any atom is 0.325 e. The minimum atomic E-state index is -0.825. The Balaban J connectivity index is 1.61. The number of hydrogen-bond donors (Lipinski definition) is 3. The van der Waals surface area contributed by atoms with Crippen molar-refractivity contribution in [1.82, 2.24) is 15.5 Å². The lowest BCUT2D eigenvalue weighted by atomic mass is 9.82. The van der Waals surface area contributed by atoms with Gasteiger partial charge in [-0.3, -0.25) is 19.3 Å². The molecule has 1 saturated carbocycles. The Morgan fingerprint density at radius 3 is 2.61 bits per heavy atom. The number of carbonyl (C=O) groups is 4. The van der Waals surface area contributed by atoms with E-state index in [-0.39, 0.29) is 24.4 Å². The van der Waals surface area contributed by atoms with Crippen LogP contribution in [0.25, 0.3) is 0 Å². The van der Waals surface area contributed by atoms with Crippen LogP contribution in [0.2, 0.25) is 0 Å². The van der Waals surface area contributed by atoms with Crippen LogP contribution in [0.3, 0.4) is 0 Å². The number of imide groups is 1. The monoisotopic (exact) mass is 386 g/mol. The highest BCUT2D eigenvalue weighted by Crippen LogP contribution is 2.33. The quantitative estimate of drug-likeness (QED) is 0.673. The van der Waals surface area contributed by atoms with Gasteiger partial charge in [0.2, 0.25) is 11.8 Å². The summed E-state index contributed by atoms with van der Waals surface area (Å²) in [4.78, 5) is 49.7. The Kier molecular flexibility index (Phi) is 5.67. The van der Waals surface area contributed by atoms with E-state index in [0.717, 1.165) is 29.7 Å². The standard InChI is InChI=1S/C20H26N4O4/c1-13(15-7-6-8-16(11-15)22-14(2)25)21-17(26)12-24-18(27)20(23-19(24)28)9-4-3-5-10-20/h6-8,11,13H,3-5,9-10,12H2,1-2H3,(H,21,26)(H,22,25)(H,23,28).